The molecule has 1 aromatic heterocycles. The van der Waals surface area contributed by atoms with Gasteiger partial charge < -0.3 is 10.8 Å². The molecule has 0 bridgehead atoms. The largest absolute Gasteiger partial charge is 0.378 e. The van der Waals surface area contributed by atoms with E-state index in [4.69, 9.17) is 28.9 Å². The van der Waals surface area contributed by atoms with Gasteiger partial charge in [-0.3, -0.25) is 0 Å². The summed E-state index contributed by atoms with van der Waals surface area (Å²) in [7, 11) is 0. The van der Waals surface area contributed by atoms with Crippen LogP contribution in [0.15, 0.2) is 30.5 Å². The number of rotatable bonds is 5. The van der Waals surface area contributed by atoms with Gasteiger partial charge >= 0.3 is 0 Å². The van der Waals surface area contributed by atoms with Crippen LogP contribution in [0, 0.1) is 0 Å². The summed E-state index contributed by atoms with van der Waals surface area (Å²) < 4.78 is 0. The molecular weight excluding hydrogens is 309 g/mol. The van der Waals surface area contributed by atoms with E-state index in [1.54, 1.807) is 0 Å². The number of aliphatic hydroxyl groups excluding tert-OH is 1. The molecule has 112 valence electrons. The maximum atomic E-state index is 9.58. The van der Waals surface area contributed by atoms with E-state index in [0.29, 0.717) is 17.1 Å². The van der Waals surface area contributed by atoms with Crippen molar-refractivity contribution in [1.82, 2.24) is 9.97 Å². The highest BCUT2D eigenvalue weighted by atomic mass is 35.5. The van der Waals surface area contributed by atoms with E-state index in [2.05, 4.69) is 9.97 Å². The highest BCUT2D eigenvalue weighted by molar-refractivity contribution is 6.31. The minimum absolute atomic E-state index is 0.134. The van der Waals surface area contributed by atoms with Gasteiger partial charge in [-0.05, 0) is 35.6 Å². The van der Waals surface area contributed by atoms with Crippen LogP contribution in [0.1, 0.15) is 29.7 Å². The molecule has 0 spiro atoms. The van der Waals surface area contributed by atoms with Crippen molar-refractivity contribution in [1.29, 1.82) is 0 Å². The van der Waals surface area contributed by atoms with Crippen LogP contribution in [0.5, 0.6) is 0 Å². The fraction of sp³-hybridized carbons (Fsp3) is 0.333. The third-order valence-corrected chi connectivity index (χ3v) is 3.97. The Morgan fingerprint density at radius 1 is 1.24 bits per heavy atom. The zero-order chi connectivity index (χ0) is 15.4. The van der Waals surface area contributed by atoms with Crippen LogP contribution in [-0.2, 0) is 12.8 Å². The number of nitrogens with zero attached hydrogens (tertiary/aromatic N) is 2. The predicted octanol–water partition coefficient (Wildman–Crippen LogP) is 2.95. The van der Waals surface area contributed by atoms with Crippen LogP contribution in [0.4, 0.5) is 0 Å². The first-order valence-corrected chi connectivity index (χ1v) is 7.43. The van der Waals surface area contributed by atoms with Gasteiger partial charge in [0.05, 0.1) is 16.9 Å². The first-order chi connectivity index (χ1) is 9.99. The summed E-state index contributed by atoms with van der Waals surface area (Å²) in [5, 5.41) is 10.3. The lowest BCUT2D eigenvalue weighted by Gasteiger charge is -2.18. The molecule has 21 heavy (non-hydrogen) atoms. The van der Waals surface area contributed by atoms with Gasteiger partial charge in [-0.15, -0.1) is 0 Å². The summed E-state index contributed by atoms with van der Waals surface area (Å²) in [5.74, 6) is -0.134. The van der Waals surface area contributed by atoms with Crippen molar-refractivity contribution in [3.8, 4) is 0 Å². The van der Waals surface area contributed by atoms with E-state index >= 15 is 0 Å². The Labute approximate surface area is 133 Å². The number of hydrogen-bond acceptors (Lipinski definition) is 4. The van der Waals surface area contributed by atoms with Gasteiger partial charge in [-0.2, -0.15) is 0 Å². The van der Waals surface area contributed by atoms with Crippen molar-refractivity contribution in [3.63, 3.8) is 0 Å². The number of benzene rings is 1. The van der Waals surface area contributed by atoms with Crippen LogP contribution >= 0.6 is 23.2 Å². The van der Waals surface area contributed by atoms with Gasteiger partial charge in [-0.1, -0.05) is 42.8 Å². The van der Waals surface area contributed by atoms with Gasteiger partial charge in [0, 0.05) is 5.92 Å². The molecule has 0 aliphatic carbocycles. The Morgan fingerprint density at radius 3 is 2.67 bits per heavy atom. The average Bonchev–Trinajstić information content (AvgIpc) is 2.47. The Bertz CT molecular complexity index is 620. The molecule has 4 nitrogen and oxygen atoms in total. The second-order valence-electron chi connectivity index (χ2n) is 4.91. The van der Waals surface area contributed by atoms with E-state index in [0.717, 1.165) is 17.5 Å². The fourth-order valence-electron chi connectivity index (χ4n) is 2.20. The van der Waals surface area contributed by atoms with Crippen LogP contribution in [-0.4, -0.2) is 21.3 Å². The van der Waals surface area contributed by atoms with E-state index in [-0.39, 0.29) is 11.2 Å². The summed E-state index contributed by atoms with van der Waals surface area (Å²) in [4.78, 5) is 7.98. The van der Waals surface area contributed by atoms with Gasteiger partial charge in [0.2, 0.25) is 5.28 Å². The highest BCUT2D eigenvalue weighted by Gasteiger charge is 2.15. The molecule has 2 unspecified atom stereocenters. The van der Waals surface area contributed by atoms with Crippen LogP contribution in [0.2, 0.25) is 10.3 Å². The molecule has 2 aromatic rings. The lowest BCUT2D eigenvalue weighted by molar-refractivity contribution is 0.156. The second kappa shape index (κ2) is 7.18. The molecule has 0 aliphatic heterocycles. The van der Waals surface area contributed by atoms with E-state index < -0.39 is 6.23 Å². The third-order valence-electron chi connectivity index (χ3n) is 3.48. The number of nitrogens with two attached hydrogens (primary N) is 1. The molecule has 6 heteroatoms. The average molecular weight is 326 g/mol. The summed E-state index contributed by atoms with van der Waals surface area (Å²) >= 11 is 11.9. The summed E-state index contributed by atoms with van der Waals surface area (Å²) in [6.07, 6.45) is 2.00. The van der Waals surface area contributed by atoms with Crippen LogP contribution in [0.3, 0.4) is 0 Å². The lowest BCUT2D eigenvalue weighted by atomic mass is 9.92. The quantitative estimate of drug-likeness (QED) is 0.654. The SMILES string of the molecule is CC(c1ccccc1CCc1nc(Cl)ncc1Cl)C(N)O. The normalized spacial score (nSPS) is 14.0. The third kappa shape index (κ3) is 4.14. The van der Waals surface area contributed by atoms with Crippen LogP contribution in [0.25, 0.3) is 0 Å². The molecule has 2 atom stereocenters. The van der Waals surface area contributed by atoms with Crippen molar-refractivity contribution in [2.45, 2.75) is 31.9 Å². The topological polar surface area (TPSA) is 72.0 Å². The summed E-state index contributed by atoms with van der Waals surface area (Å²) in [6, 6.07) is 7.89. The number of aryl methyl sites for hydroxylation is 2. The van der Waals surface area contributed by atoms with Gasteiger partial charge in [0.1, 0.15) is 6.23 Å². The Hall–Kier alpha value is -1.20. The lowest BCUT2D eigenvalue weighted by Crippen LogP contribution is -2.26. The molecule has 0 saturated heterocycles. The zero-order valence-electron chi connectivity index (χ0n) is 11.6. The molecule has 1 aromatic carbocycles. The fourth-order valence-corrected chi connectivity index (χ4v) is 2.53. The van der Waals surface area contributed by atoms with E-state index in [1.165, 1.54) is 6.20 Å². The minimum atomic E-state index is -0.886. The molecule has 0 radical (unpaired) electrons. The number of halogens is 2. The molecule has 3 N–H and O–H groups in total. The summed E-state index contributed by atoms with van der Waals surface area (Å²) in [6.45, 7) is 1.90. The molecule has 2 rings (SSSR count). The molecular formula is C15H17Cl2N3O. The van der Waals surface area contributed by atoms with Crippen molar-refractivity contribution >= 4 is 23.2 Å². The Morgan fingerprint density at radius 2 is 1.95 bits per heavy atom. The van der Waals surface area contributed by atoms with E-state index in [9.17, 15) is 5.11 Å². The van der Waals surface area contributed by atoms with Crippen LogP contribution < -0.4 is 5.73 Å². The monoisotopic (exact) mass is 325 g/mol. The van der Waals surface area contributed by atoms with Gasteiger partial charge in [0.15, 0.2) is 0 Å². The maximum Gasteiger partial charge on any atom is 0.222 e. The highest BCUT2D eigenvalue weighted by Crippen LogP contribution is 2.24. The van der Waals surface area contributed by atoms with Crippen molar-refractivity contribution in [2.75, 3.05) is 0 Å². The smallest absolute Gasteiger partial charge is 0.222 e. The van der Waals surface area contributed by atoms with Crippen molar-refractivity contribution in [2.24, 2.45) is 5.73 Å². The van der Waals surface area contributed by atoms with Crippen molar-refractivity contribution < 1.29 is 5.11 Å². The molecule has 0 saturated carbocycles. The second-order valence-corrected chi connectivity index (χ2v) is 5.66. The van der Waals surface area contributed by atoms with E-state index in [1.807, 2.05) is 31.2 Å². The molecule has 0 fully saturated rings. The van der Waals surface area contributed by atoms with Gasteiger partial charge in [-0.25, -0.2) is 9.97 Å². The first kappa shape index (κ1) is 16.2. The molecule has 0 amide bonds. The number of aromatic nitrogens is 2. The maximum absolute atomic E-state index is 9.58. The molecule has 0 aliphatic rings. The first-order valence-electron chi connectivity index (χ1n) is 6.67. The number of aliphatic hydroxyl groups is 1. The van der Waals surface area contributed by atoms with Crippen molar-refractivity contribution in [3.05, 3.63) is 57.6 Å². The summed E-state index contributed by atoms with van der Waals surface area (Å²) in [5.41, 5.74) is 8.44. The predicted molar refractivity (Wildman–Crippen MR) is 84.5 cm³/mol. The number of hydrogen-bond donors (Lipinski definition) is 2. The standard InChI is InChI=1S/C15H17Cl2N3O/c1-9(14(18)21)11-5-3-2-4-10(11)6-7-13-12(16)8-19-15(17)20-13/h2-5,8-9,14,21H,6-7,18H2,1H3. The molecule has 1 heterocycles. The van der Waals surface area contributed by atoms with Gasteiger partial charge in [0.25, 0.3) is 0 Å². The Balaban J connectivity index is 2.19. The minimum Gasteiger partial charge on any atom is -0.378 e. The zero-order valence-corrected chi connectivity index (χ0v) is 13.1. The Kier molecular flexibility index (Phi) is 5.53.